The molecule has 0 heterocycles. The fraction of sp³-hybridized carbons (Fsp3) is 0.0455. The van der Waals surface area contributed by atoms with Crippen LogP contribution in [0, 0.1) is 12.8 Å². The third-order valence-electron chi connectivity index (χ3n) is 3.72. The van der Waals surface area contributed by atoms with Crippen LogP contribution in [-0.4, -0.2) is 5.78 Å². The monoisotopic (exact) mass is 298 g/mol. The van der Waals surface area contributed by atoms with Crippen LogP contribution in [0.1, 0.15) is 33.5 Å². The third kappa shape index (κ3) is 4.17. The Hall–Kier alpha value is -2.67. The molecule has 0 amide bonds. The van der Waals surface area contributed by atoms with Gasteiger partial charge >= 0.3 is 0 Å². The maximum Gasteiger partial charge on any atom is 0.193 e. The quantitative estimate of drug-likeness (QED) is 0.578. The van der Waals surface area contributed by atoms with Crippen molar-refractivity contribution in [3.63, 3.8) is 0 Å². The highest BCUT2D eigenvalue weighted by molar-refractivity contribution is 6.08. The summed E-state index contributed by atoms with van der Waals surface area (Å²) in [4.78, 5) is 12.3. The van der Waals surface area contributed by atoms with Crippen molar-refractivity contribution in [2.75, 3.05) is 0 Å². The topological polar surface area (TPSA) is 17.1 Å². The highest BCUT2D eigenvalue weighted by atomic mass is 16.1. The van der Waals surface area contributed by atoms with E-state index in [-0.39, 0.29) is 5.78 Å². The summed E-state index contributed by atoms with van der Waals surface area (Å²) in [5.74, 6) is 0.0630. The Morgan fingerprint density at radius 1 is 0.609 bits per heavy atom. The van der Waals surface area contributed by atoms with E-state index in [1.165, 1.54) is 5.56 Å². The summed E-state index contributed by atoms with van der Waals surface area (Å²) < 4.78 is 0. The van der Waals surface area contributed by atoms with Crippen LogP contribution in [-0.2, 0) is 0 Å². The van der Waals surface area contributed by atoms with Gasteiger partial charge in [-0.3, -0.25) is 4.79 Å². The van der Waals surface area contributed by atoms with Gasteiger partial charge in [-0.1, -0.05) is 84.9 Å². The average Bonchev–Trinajstić information content (AvgIpc) is 2.63. The zero-order valence-electron chi connectivity index (χ0n) is 12.9. The van der Waals surface area contributed by atoms with Gasteiger partial charge in [0.25, 0.3) is 0 Å². The van der Waals surface area contributed by atoms with Crippen molar-refractivity contribution < 1.29 is 4.79 Å². The van der Waals surface area contributed by atoms with E-state index in [1.54, 1.807) is 0 Å². The number of carbonyl (C=O) groups excluding carboxylic acids is 1. The highest BCUT2D eigenvalue weighted by Gasteiger charge is 2.08. The Balaban J connectivity index is 1.58. The largest absolute Gasteiger partial charge is 0.289 e. The molecule has 0 aliphatic rings. The summed E-state index contributed by atoms with van der Waals surface area (Å²) in [6.45, 7) is 0. The van der Waals surface area contributed by atoms with E-state index in [0.717, 1.165) is 23.1 Å². The predicted molar refractivity (Wildman–Crippen MR) is 94.2 cm³/mol. The van der Waals surface area contributed by atoms with Crippen LogP contribution < -0.4 is 0 Å². The molecule has 3 rings (SSSR count). The van der Waals surface area contributed by atoms with Crippen LogP contribution in [0.3, 0.4) is 0 Å². The molecule has 0 unspecified atom stereocenters. The third-order valence-corrected chi connectivity index (χ3v) is 3.72. The second-order valence-corrected chi connectivity index (χ2v) is 5.37. The molecule has 0 saturated heterocycles. The van der Waals surface area contributed by atoms with Crippen LogP contribution in [0.4, 0.5) is 0 Å². The maximum absolute atomic E-state index is 12.3. The van der Waals surface area contributed by atoms with Crippen LogP contribution in [0.15, 0.2) is 84.9 Å². The van der Waals surface area contributed by atoms with Gasteiger partial charge in [0.15, 0.2) is 5.78 Å². The van der Waals surface area contributed by atoms with Crippen LogP contribution in [0.25, 0.3) is 0 Å². The lowest BCUT2D eigenvalue weighted by molar-refractivity contribution is 0.103. The van der Waals surface area contributed by atoms with Crippen molar-refractivity contribution in [2.45, 2.75) is 6.42 Å². The molecule has 0 bridgehead atoms. The van der Waals surface area contributed by atoms with Gasteiger partial charge in [-0.2, -0.15) is 0 Å². The van der Waals surface area contributed by atoms with Gasteiger partial charge in [0, 0.05) is 11.1 Å². The van der Waals surface area contributed by atoms with E-state index in [9.17, 15) is 4.79 Å². The normalized spacial score (nSPS) is 10.4. The van der Waals surface area contributed by atoms with Gasteiger partial charge in [-0.05, 0) is 30.4 Å². The molecule has 0 spiro atoms. The molecule has 3 aromatic rings. The Morgan fingerprint density at radius 3 is 1.70 bits per heavy atom. The molecule has 2 radical (unpaired) electrons. The first-order valence-electron chi connectivity index (χ1n) is 7.74. The van der Waals surface area contributed by atoms with Gasteiger partial charge in [-0.25, -0.2) is 0 Å². The lowest BCUT2D eigenvalue weighted by atomic mass is 9.99. The summed E-state index contributed by atoms with van der Waals surface area (Å²) in [5.41, 5.74) is 3.79. The van der Waals surface area contributed by atoms with Crippen molar-refractivity contribution in [3.8, 4) is 0 Å². The van der Waals surface area contributed by atoms with E-state index in [1.807, 2.05) is 72.8 Å². The number of rotatable bonds is 6. The van der Waals surface area contributed by atoms with Crippen LogP contribution >= 0.6 is 0 Å². The van der Waals surface area contributed by atoms with Crippen LogP contribution in [0.2, 0.25) is 0 Å². The summed E-state index contributed by atoms with van der Waals surface area (Å²) in [7, 11) is 0. The molecule has 1 heteroatoms. The molecule has 0 aliphatic heterocycles. The number of carbonyl (C=O) groups is 1. The van der Waals surface area contributed by atoms with Crippen molar-refractivity contribution >= 4 is 5.78 Å². The molecule has 0 fully saturated rings. The summed E-state index contributed by atoms with van der Waals surface area (Å²) >= 11 is 0. The molecule has 23 heavy (non-hydrogen) atoms. The second-order valence-electron chi connectivity index (χ2n) is 5.37. The summed E-state index contributed by atoms with van der Waals surface area (Å²) in [6.07, 6.45) is 5.21. The predicted octanol–water partition coefficient (Wildman–Crippen LogP) is 5.11. The second kappa shape index (κ2) is 7.55. The van der Waals surface area contributed by atoms with Gasteiger partial charge in [0.2, 0.25) is 0 Å². The zero-order valence-corrected chi connectivity index (χ0v) is 12.9. The van der Waals surface area contributed by atoms with E-state index in [4.69, 9.17) is 0 Å². The van der Waals surface area contributed by atoms with Gasteiger partial charge in [-0.15, -0.1) is 0 Å². The minimum Gasteiger partial charge on any atom is -0.289 e. The average molecular weight is 298 g/mol. The summed E-state index contributed by atoms with van der Waals surface area (Å²) in [6, 6.07) is 27.4. The molecule has 0 saturated carbocycles. The minimum absolute atomic E-state index is 0.0630. The number of hydrogen-bond acceptors (Lipinski definition) is 1. The van der Waals surface area contributed by atoms with Crippen molar-refractivity contribution in [1.82, 2.24) is 0 Å². The Morgan fingerprint density at radius 2 is 1.09 bits per heavy atom. The molecule has 0 aliphatic carbocycles. The summed E-state index contributed by atoms with van der Waals surface area (Å²) in [5, 5.41) is 0. The number of ketones is 1. The molecule has 112 valence electrons. The van der Waals surface area contributed by atoms with Crippen molar-refractivity contribution in [3.05, 3.63) is 120 Å². The molecular weight excluding hydrogens is 280 g/mol. The highest BCUT2D eigenvalue weighted by Crippen LogP contribution is 2.15. The van der Waals surface area contributed by atoms with E-state index < -0.39 is 0 Å². The fourth-order valence-corrected chi connectivity index (χ4v) is 2.45. The minimum atomic E-state index is 0.0630. The standard InChI is InChI=1S/C22H18O/c23-22(20-12-5-2-6-13-20)21-16-14-19(15-17-21)11-7-10-18-8-3-1-4-9-18/h1-6,8-17H,7H2. The SMILES string of the molecule is O=C(c1ccccc1)c1ccc([CH]C[CH]c2ccccc2)cc1. The van der Waals surface area contributed by atoms with Gasteiger partial charge in [0.05, 0.1) is 0 Å². The lowest BCUT2D eigenvalue weighted by Crippen LogP contribution is -2.00. The Labute approximate surface area is 137 Å². The molecule has 0 aromatic heterocycles. The number of benzene rings is 3. The smallest absolute Gasteiger partial charge is 0.193 e. The molecule has 1 nitrogen and oxygen atoms in total. The Kier molecular flexibility index (Phi) is 5.00. The van der Waals surface area contributed by atoms with E-state index >= 15 is 0 Å². The van der Waals surface area contributed by atoms with Gasteiger partial charge < -0.3 is 0 Å². The maximum atomic E-state index is 12.3. The lowest BCUT2D eigenvalue weighted by Gasteiger charge is -2.04. The first-order chi connectivity index (χ1) is 11.3. The number of hydrogen-bond donors (Lipinski definition) is 0. The van der Waals surface area contributed by atoms with E-state index in [2.05, 4.69) is 25.0 Å². The van der Waals surface area contributed by atoms with Crippen LogP contribution in [0.5, 0.6) is 0 Å². The first-order valence-corrected chi connectivity index (χ1v) is 7.74. The fourth-order valence-electron chi connectivity index (χ4n) is 2.45. The molecule has 0 atom stereocenters. The zero-order chi connectivity index (χ0) is 15.9. The Bertz CT molecular complexity index is 743. The molecular formula is C22H18O. The van der Waals surface area contributed by atoms with Gasteiger partial charge in [0.1, 0.15) is 0 Å². The van der Waals surface area contributed by atoms with Crippen molar-refractivity contribution in [1.29, 1.82) is 0 Å². The first kappa shape index (κ1) is 15.2. The molecule has 0 N–H and O–H groups in total. The van der Waals surface area contributed by atoms with E-state index in [0.29, 0.717) is 0 Å². The van der Waals surface area contributed by atoms with Crippen molar-refractivity contribution in [2.24, 2.45) is 0 Å². The molecule has 3 aromatic carbocycles.